The average molecular weight is 248 g/mol. The Morgan fingerprint density at radius 1 is 1.35 bits per heavy atom. The first-order valence-corrected chi connectivity index (χ1v) is 7.54. The highest BCUT2D eigenvalue weighted by Crippen LogP contribution is 2.52. The first kappa shape index (κ1) is 11.5. The monoisotopic (exact) mass is 248 g/mol. The van der Waals surface area contributed by atoms with Gasteiger partial charge in [0, 0.05) is 10.8 Å². The summed E-state index contributed by atoms with van der Waals surface area (Å²) in [5.74, 6) is 2.73. The van der Waals surface area contributed by atoms with Gasteiger partial charge in [0.25, 0.3) is 0 Å². The molecule has 0 radical (unpaired) electrons. The molecule has 1 fully saturated rings. The Bertz CT molecular complexity index is 453. The second-order valence-corrected chi connectivity index (χ2v) is 7.29. The molecule has 0 aromatic carbocycles. The number of fused-ring (bicyclic) bond motifs is 1. The maximum absolute atomic E-state index is 12.5. The summed E-state index contributed by atoms with van der Waals surface area (Å²) >= 11 is 1.72. The average Bonchev–Trinajstić information content (AvgIpc) is 3.01. The lowest BCUT2D eigenvalue weighted by atomic mass is 9.73. The third-order valence-corrected chi connectivity index (χ3v) is 5.43. The predicted molar refractivity (Wildman–Crippen MR) is 71.8 cm³/mol. The van der Waals surface area contributed by atoms with E-state index in [9.17, 15) is 4.79 Å². The van der Waals surface area contributed by atoms with Crippen molar-refractivity contribution in [2.24, 2.45) is 17.8 Å². The van der Waals surface area contributed by atoms with Crippen LogP contribution in [0.25, 0.3) is 0 Å². The van der Waals surface area contributed by atoms with E-state index in [-0.39, 0.29) is 5.92 Å². The van der Waals surface area contributed by atoms with E-state index in [1.807, 2.05) is 0 Å². The van der Waals surface area contributed by atoms with Gasteiger partial charge in [-0.1, -0.05) is 13.8 Å². The van der Waals surface area contributed by atoms with Crippen molar-refractivity contribution in [1.82, 2.24) is 0 Å². The van der Waals surface area contributed by atoms with E-state index in [4.69, 9.17) is 0 Å². The van der Waals surface area contributed by atoms with Crippen LogP contribution in [0.3, 0.4) is 0 Å². The molecule has 1 saturated carbocycles. The van der Waals surface area contributed by atoms with Crippen molar-refractivity contribution in [3.63, 3.8) is 0 Å². The minimum Gasteiger partial charge on any atom is -0.293 e. The van der Waals surface area contributed by atoms with Crippen molar-refractivity contribution in [3.8, 4) is 0 Å². The number of ketones is 1. The van der Waals surface area contributed by atoms with E-state index in [0.717, 1.165) is 17.2 Å². The molecule has 2 aliphatic carbocycles. The number of carbonyl (C=O) groups excluding carboxylic acids is 1. The van der Waals surface area contributed by atoms with Gasteiger partial charge in [-0.05, 0) is 55.6 Å². The molecule has 2 aliphatic rings. The zero-order chi connectivity index (χ0) is 12.2. The fourth-order valence-electron chi connectivity index (χ4n) is 3.20. The minimum absolute atomic E-state index is 0.270. The second kappa shape index (κ2) is 3.94. The Hall–Kier alpha value is -0.630. The number of rotatable bonds is 2. The summed E-state index contributed by atoms with van der Waals surface area (Å²) in [5.41, 5.74) is 1.39. The molecule has 0 saturated heterocycles. The van der Waals surface area contributed by atoms with Gasteiger partial charge in [0.05, 0.1) is 4.88 Å². The molecule has 3 rings (SSSR count). The topological polar surface area (TPSA) is 17.1 Å². The number of Topliss-reactive ketones (excluding diaryl/α,β-unsaturated/α-hetero) is 1. The second-order valence-electron chi connectivity index (χ2n) is 6.04. The molecule has 1 aromatic rings. The van der Waals surface area contributed by atoms with Gasteiger partial charge in [-0.15, -0.1) is 11.3 Å². The Balaban J connectivity index is 2.03. The van der Waals surface area contributed by atoms with Crippen molar-refractivity contribution in [2.75, 3.05) is 0 Å². The normalized spacial score (nSPS) is 28.6. The Morgan fingerprint density at radius 3 is 2.65 bits per heavy atom. The van der Waals surface area contributed by atoms with Gasteiger partial charge >= 0.3 is 0 Å². The van der Waals surface area contributed by atoms with Crippen LogP contribution >= 0.6 is 11.3 Å². The number of carbonyl (C=O) groups is 1. The zero-order valence-corrected chi connectivity index (χ0v) is 11.6. The van der Waals surface area contributed by atoms with E-state index < -0.39 is 0 Å². The van der Waals surface area contributed by atoms with Crippen molar-refractivity contribution < 1.29 is 4.79 Å². The first-order valence-electron chi connectivity index (χ1n) is 6.72. The first-order chi connectivity index (χ1) is 8.08. The van der Waals surface area contributed by atoms with Crippen LogP contribution in [0.15, 0.2) is 6.07 Å². The van der Waals surface area contributed by atoms with Crippen LogP contribution in [-0.2, 0) is 0 Å². The third kappa shape index (κ3) is 1.87. The molecule has 0 bridgehead atoms. The maximum atomic E-state index is 12.5. The molecule has 92 valence electrons. The van der Waals surface area contributed by atoms with Crippen LogP contribution in [0.4, 0.5) is 0 Å². The summed E-state index contributed by atoms with van der Waals surface area (Å²) in [4.78, 5) is 14.9. The van der Waals surface area contributed by atoms with Crippen molar-refractivity contribution >= 4 is 17.1 Å². The van der Waals surface area contributed by atoms with Gasteiger partial charge in [0.2, 0.25) is 0 Å². The van der Waals surface area contributed by atoms with Gasteiger partial charge in [-0.2, -0.15) is 0 Å². The van der Waals surface area contributed by atoms with Crippen molar-refractivity contribution in [2.45, 2.75) is 46.0 Å². The van der Waals surface area contributed by atoms with E-state index in [2.05, 4.69) is 26.8 Å². The van der Waals surface area contributed by atoms with Crippen molar-refractivity contribution in [3.05, 3.63) is 21.4 Å². The van der Waals surface area contributed by atoms with Crippen LogP contribution in [0, 0.1) is 24.7 Å². The molecule has 1 nitrogen and oxygen atoms in total. The molecule has 2 heteroatoms. The lowest BCUT2D eigenvalue weighted by Gasteiger charge is -2.30. The molecule has 1 aromatic heterocycles. The number of hydrogen-bond donors (Lipinski definition) is 0. The van der Waals surface area contributed by atoms with Gasteiger partial charge < -0.3 is 0 Å². The molecule has 0 N–H and O–H groups in total. The van der Waals surface area contributed by atoms with Gasteiger partial charge in [-0.25, -0.2) is 0 Å². The SMILES string of the molecule is Cc1cc2c(s1)C(=O)[C@@H](C(C)C)CC2C1CC1. The molecule has 17 heavy (non-hydrogen) atoms. The number of hydrogen-bond acceptors (Lipinski definition) is 2. The van der Waals surface area contributed by atoms with Crippen molar-refractivity contribution in [1.29, 1.82) is 0 Å². The highest BCUT2D eigenvalue weighted by molar-refractivity contribution is 7.14. The molecule has 1 unspecified atom stereocenters. The largest absolute Gasteiger partial charge is 0.293 e. The molecule has 0 aliphatic heterocycles. The highest BCUT2D eigenvalue weighted by Gasteiger charge is 2.42. The molecule has 1 heterocycles. The Morgan fingerprint density at radius 2 is 2.06 bits per heavy atom. The summed E-state index contributed by atoms with van der Waals surface area (Å²) in [6.07, 6.45) is 3.85. The third-order valence-electron chi connectivity index (χ3n) is 4.35. The minimum atomic E-state index is 0.270. The lowest BCUT2D eigenvalue weighted by molar-refractivity contribution is 0.0853. The standard InChI is InChI=1S/C15H20OS/c1-8(2)11-7-12(10-4-5-10)13-6-9(3)17-15(13)14(11)16/h6,8,10-12H,4-5,7H2,1-3H3/t11-,12?/m1/s1. The van der Waals surface area contributed by atoms with Crippen LogP contribution in [0.5, 0.6) is 0 Å². The molecular weight excluding hydrogens is 228 g/mol. The molecule has 0 spiro atoms. The van der Waals surface area contributed by atoms with E-state index in [0.29, 0.717) is 17.6 Å². The molecular formula is C15H20OS. The van der Waals surface area contributed by atoms with Gasteiger partial charge in [0.15, 0.2) is 5.78 Å². The highest BCUT2D eigenvalue weighted by atomic mass is 32.1. The summed E-state index contributed by atoms with van der Waals surface area (Å²) in [7, 11) is 0. The van der Waals surface area contributed by atoms with Crippen LogP contribution in [-0.4, -0.2) is 5.78 Å². The lowest BCUT2D eigenvalue weighted by Crippen LogP contribution is -2.28. The predicted octanol–water partition coefficient (Wildman–Crippen LogP) is 4.41. The summed E-state index contributed by atoms with van der Waals surface area (Å²) < 4.78 is 0. The number of thiophene rings is 1. The van der Waals surface area contributed by atoms with Crippen LogP contribution in [0.1, 0.15) is 59.1 Å². The van der Waals surface area contributed by atoms with E-state index in [1.165, 1.54) is 23.3 Å². The zero-order valence-electron chi connectivity index (χ0n) is 10.8. The summed E-state index contributed by atoms with van der Waals surface area (Å²) in [6.45, 7) is 6.51. The number of aryl methyl sites for hydroxylation is 1. The van der Waals surface area contributed by atoms with Crippen LogP contribution < -0.4 is 0 Å². The maximum Gasteiger partial charge on any atom is 0.176 e. The Labute approximate surface area is 107 Å². The molecule has 0 amide bonds. The molecule has 2 atom stereocenters. The van der Waals surface area contributed by atoms with Crippen LogP contribution in [0.2, 0.25) is 0 Å². The quantitative estimate of drug-likeness (QED) is 0.757. The fourth-order valence-corrected chi connectivity index (χ4v) is 4.29. The smallest absolute Gasteiger partial charge is 0.176 e. The summed E-state index contributed by atoms with van der Waals surface area (Å²) in [5, 5.41) is 0. The van der Waals surface area contributed by atoms with Gasteiger partial charge in [-0.3, -0.25) is 4.79 Å². The summed E-state index contributed by atoms with van der Waals surface area (Å²) in [6, 6.07) is 2.28. The van der Waals surface area contributed by atoms with E-state index >= 15 is 0 Å². The van der Waals surface area contributed by atoms with E-state index in [1.54, 1.807) is 11.3 Å². The Kier molecular flexibility index (Phi) is 2.66. The van der Waals surface area contributed by atoms with Gasteiger partial charge in [0.1, 0.15) is 0 Å². The fraction of sp³-hybridized carbons (Fsp3) is 0.667.